The van der Waals surface area contributed by atoms with Gasteiger partial charge in [0.1, 0.15) is 11.2 Å². The second-order valence-electron chi connectivity index (χ2n) is 12.5. The Morgan fingerprint density at radius 2 is 0.725 bits per heavy atom. The summed E-state index contributed by atoms with van der Waals surface area (Å²) in [6.45, 7) is 0. The van der Waals surface area contributed by atoms with Gasteiger partial charge in [-0.2, -0.15) is 0 Å². The summed E-state index contributed by atoms with van der Waals surface area (Å²) in [5.41, 5.74) is 3.73. The Kier molecular flexibility index (Phi) is 6.21. The lowest BCUT2D eigenvalue weighted by Crippen LogP contribution is -1.94. The van der Waals surface area contributed by atoms with Crippen LogP contribution in [0, 0.1) is 0 Å². The minimum absolute atomic E-state index is 0.000737. The number of hydrogen-bond acceptors (Lipinski definition) is 9. The molecule has 8 aromatic carbocycles. The smallest absolute Gasteiger partial charge is 0.204 e. The Labute approximate surface area is 287 Å². The molecule has 8 N–H and O–H groups in total. The first-order valence-corrected chi connectivity index (χ1v) is 15.9. The van der Waals surface area contributed by atoms with Gasteiger partial charge in [-0.25, -0.2) is 0 Å². The van der Waals surface area contributed by atoms with Gasteiger partial charge in [0.25, 0.3) is 0 Å². The molecule has 0 radical (unpaired) electrons. The minimum atomic E-state index is -1.02. The van der Waals surface area contributed by atoms with Gasteiger partial charge in [-0.15, -0.1) is 0 Å². The zero-order valence-corrected chi connectivity index (χ0v) is 26.4. The molecular weight excluding hydrogens is 648 g/mol. The molecule has 0 amide bonds. The molecule has 0 aliphatic rings. The van der Waals surface area contributed by atoms with Crippen LogP contribution in [-0.4, -0.2) is 40.9 Å². The minimum Gasteiger partial charge on any atom is -0.504 e. The molecule has 1 aromatic heterocycles. The predicted octanol–water partition coefficient (Wildman–Crippen LogP) is 9.69. The van der Waals surface area contributed by atoms with E-state index in [1.807, 2.05) is 42.5 Å². The van der Waals surface area contributed by atoms with E-state index in [4.69, 9.17) is 4.42 Å². The van der Waals surface area contributed by atoms with Crippen LogP contribution in [0.1, 0.15) is 0 Å². The van der Waals surface area contributed by atoms with Gasteiger partial charge in [0, 0.05) is 43.4 Å². The highest BCUT2D eigenvalue weighted by atomic mass is 16.4. The van der Waals surface area contributed by atoms with Gasteiger partial charge < -0.3 is 45.3 Å². The molecule has 0 spiro atoms. The summed E-state index contributed by atoms with van der Waals surface area (Å²) in [6.07, 6.45) is 0. The van der Waals surface area contributed by atoms with Crippen LogP contribution >= 0.6 is 0 Å². The highest BCUT2D eigenvalue weighted by Crippen LogP contribution is 2.61. The molecule has 0 atom stereocenters. The second-order valence-corrected chi connectivity index (χ2v) is 12.5. The van der Waals surface area contributed by atoms with E-state index < -0.39 is 46.0 Å². The summed E-state index contributed by atoms with van der Waals surface area (Å²) in [6, 6.07) is 33.3. The van der Waals surface area contributed by atoms with Gasteiger partial charge in [0.2, 0.25) is 23.0 Å². The van der Waals surface area contributed by atoms with E-state index in [0.717, 1.165) is 38.3 Å². The first-order chi connectivity index (χ1) is 24.6. The molecule has 0 saturated carbocycles. The second kappa shape index (κ2) is 10.6. The van der Waals surface area contributed by atoms with Gasteiger partial charge in [-0.1, -0.05) is 84.9 Å². The Bertz CT molecular complexity index is 2850. The van der Waals surface area contributed by atoms with Gasteiger partial charge in [0.15, 0.2) is 23.0 Å². The number of hydrogen-bond donors (Lipinski definition) is 8. The van der Waals surface area contributed by atoms with Crippen molar-refractivity contribution in [3.05, 3.63) is 109 Å². The molecule has 9 rings (SSSR count). The Hall–Kier alpha value is -7.26. The molecule has 0 bridgehead atoms. The number of furan rings is 1. The molecule has 0 fully saturated rings. The summed E-state index contributed by atoms with van der Waals surface area (Å²) in [4.78, 5) is 0. The monoisotopic (exact) mass is 674 g/mol. The zero-order chi connectivity index (χ0) is 35.3. The predicted molar refractivity (Wildman–Crippen MR) is 196 cm³/mol. The highest BCUT2D eigenvalue weighted by Gasteiger charge is 2.32. The lowest BCUT2D eigenvalue weighted by Gasteiger charge is -2.22. The first-order valence-electron chi connectivity index (χ1n) is 15.9. The van der Waals surface area contributed by atoms with Gasteiger partial charge >= 0.3 is 0 Å². The number of phenolic OH excluding ortho intramolecular Hbond substituents is 8. The maximum Gasteiger partial charge on any atom is 0.204 e. The van der Waals surface area contributed by atoms with Crippen LogP contribution in [0.5, 0.6) is 46.0 Å². The number of fused-ring (bicyclic) bond motifs is 6. The molecule has 0 saturated heterocycles. The third-order valence-electron chi connectivity index (χ3n) is 9.70. The fourth-order valence-corrected chi connectivity index (χ4v) is 7.27. The Morgan fingerprint density at radius 3 is 1.25 bits per heavy atom. The highest BCUT2D eigenvalue weighted by molar-refractivity contribution is 6.28. The van der Waals surface area contributed by atoms with Crippen molar-refractivity contribution in [2.24, 2.45) is 0 Å². The summed E-state index contributed by atoms with van der Waals surface area (Å²) >= 11 is 0. The first kappa shape index (κ1) is 29.8. The van der Waals surface area contributed by atoms with E-state index in [1.165, 1.54) is 0 Å². The summed E-state index contributed by atoms with van der Waals surface area (Å²) in [7, 11) is 0. The van der Waals surface area contributed by atoms with E-state index in [9.17, 15) is 40.9 Å². The molecule has 51 heavy (non-hydrogen) atoms. The topological polar surface area (TPSA) is 175 Å². The molecule has 9 heteroatoms. The van der Waals surface area contributed by atoms with E-state index in [0.29, 0.717) is 16.7 Å². The lowest BCUT2D eigenvalue weighted by atomic mass is 9.83. The molecule has 0 unspecified atom stereocenters. The van der Waals surface area contributed by atoms with E-state index in [-0.39, 0.29) is 32.7 Å². The van der Waals surface area contributed by atoms with Crippen LogP contribution < -0.4 is 0 Å². The van der Waals surface area contributed by atoms with Gasteiger partial charge in [-0.3, -0.25) is 0 Å². The normalized spacial score (nSPS) is 11.8. The summed E-state index contributed by atoms with van der Waals surface area (Å²) in [5.74, 6) is -7.36. The van der Waals surface area contributed by atoms with Crippen LogP contribution in [0.4, 0.5) is 0 Å². The van der Waals surface area contributed by atoms with Crippen molar-refractivity contribution in [2.45, 2.75) is 0 Å². The van der Waals surface area contributed by atoms with Crippen molar-refractivity contribution in [3.8, 4) is 79.4 Å². The fourth-order valence-electron chi connectivity index (χ4n) is 7.27. The lowest BCUT2D eigenvalue weighted by molar-refractivity contribution is 0.350. The third kappa shape index (κ3) is 4.15. The largest absolute Gasteiger partial charge is 0.504 e. The Morgan fingerprint density at radius 1 is 0.314 bits per heavy atom. The van der Waals surface area contributed by atoms with Gasteiger partial charge in [0.05, 0.1) is 0 Å². The summed E-state index contributed by atoms with van der Waals surface area (Å²) in [5, 5.41) is 91.6. The van der Waals surface area contributed by atoms with Crippen LogP contribution in [0.15, 0.2) is 114 Å². The van der Waals surface area contributed by atoms with Crippen molar-refractivity contribution in [3.63, 3.8) is 0 Å². The van der Waals surface area contributed by atoms with Gasteiger partial charge in [-0.05, 0) is 57.3 Å². The molecular formula is C42H26O9. The van der Waals surface area contributed by atoms with Crippen LogP contribution in [0.3, 0.4) is 0 Å². The average molecular weight is 675 g/mol. The third-order valence-corrected chi connectivity index (χ3v) is 9.70. The van der Waals surface area contributed by atoms with Crippen molar-refractivity contribution in [1.29, 1.82) is 0 Å². The van der Waals surface area contributed by atoms with Crippen molar-refractivity contribution in [1.82, 2.24) is 0 Å². The number of benzene rings is 8. The molecule has 9 aromatic rings. The zero-order valence-electron chi connectivity index (χ0n) is 26.4. The molecule has 1 heterocycles. The van der Waals surface area contributed by atoms with Crippen LogP contribution in [0.2, 0.25) is 0 Å². The quantitative estimate of drug-likeness (QED) is 0.0515. The number of rotatable bonds is 3. The summed E-state index contributed by atoms with van der Waals surface area (Å²) < 4.78 is 6.26. The number of aromatic hydroxyl groups is 8. The fraction of sp³-hybridized carbons (Fsp3) is 0. The molecule has 0 aliphatic heterocycles. The van der Waals surface area contributed by atoms with E-state index in [1.54, 1.807) is 54.6 Å². The Balaban J connectivity index is 1.31. The maximum absolute atomic E-state index is 11.4. The van der Waals surface area contributed by atoms with E-state index in [2.05, 4.69) is 12.1 Å². The standard InChI is InChI=1S/C42H26O9/c43-35-31-29(20-6-2-1-3-7-20)32-34(38(46)42(50)40(48)36(32)44)30(33(31)37(45)41(49)39(35)47)21-12-10-19(11-13-21)24-14-15-25-26-16-22-8-4-5-9-23(22)17-28(26)51-27(25)18-24/h1-18,43-50H. The maximum atomic E-state index is 11.4. The molecule has 248 valence electrons. The molecule has 0 aliphatic carbocycles. The van der Waals surface area contributed by atoms with E-state index >= 15 is 0 Å². The van der Waals surface area contributed by atoms with Crippen LogP contribution in [0.25, 0.3) is 87.6 Å². The average Bonchev–Trinajstić information content (AvgIpc) is 3.52. The van der Waals surface area contributed by atoms with Crippen molar-refractivity contribution >= 4 is 54.3 Å². The van der Waals surface area contributed by atoms with Crippen molar-refractivity contribution in [2.75, 3.05) is 0 Å². The van der Waals surface area contributed by atoms with Crippen molar-refractivity contribution < 1.29 is 45.3 Å². The molecule has 9 nitrogen and oxygen atoms in total. The SMILES string of the molecule is Oc1c(O)c(O)c2c(-c3ccc(-c4ccc5c(c4)oc4cc6ccccc6cc45)cc3)c3c(O)c(O)c(O)c(O)c3c(-c3ccccc3)c2c1O. The van der Waals surface area contributed by atoms with Crippen LogP contribution in [-0.2, 0) is 0 Å². The number of phenols is 8.